The van der Waals surface area contributed by atoms with Crippen LogP contribution in [-0.2, 0) is 0 Å². The Morgan fingerprint density at radius 1 is 1.37 bits per heavy atom. The van der Waals surface area contributed by atoms with E-state index < -0.39 is 11.5 Å². The van der Waals surface area contributed by atoms with Gasteiger partial charge < -0.3 is 15.8 Å². The molecule has 1 aliphatic rings. The Labute approximate surface area is 109 Å². The first-order valence-corrected chi connectivity index (χ1v) is 6.26. The third-order valence-electron chi connectivity index (χ3n) is 3.87. The molecule has 0 saturated heterocycles. The fraction of sp³-hybridized carbons (Fsp3) is 0.286. The summed E-state index contributed by atoms with van der Waals surface area (Å²) in [6.45, 7) is 0. The molecule has 0 unspecified atom stereocenters. The first-order valence-electron chi connectivity index (χ1n) is 6.26. The predicted molar refractivity (Wildman–Crippen MR) is 72.5 cm³/mol. The Bertz CT molecular complexity index is 729. The highest BCUT2D eigenvalue weighted by molar-refractivity contribution is 5.96. The van der Waals surface area contributed by atoms with Gasteiger partial charge in [0.25, 0.3) is 5.56 Å². The number of aromatic amines is 1. The quantitative estimate of drug-likeness (QED) is 0.718. The Kier molecular flexibility index (Phi) is 2.55. The number of carboxylic acids is 1. The number of hydrogen-bond donors (Lipinski definition) is 3. The van der Waals surface area contributed by atoms with Crippen LogP contribution in [0.15, 0.2) is 23.0 Å². The van der Waals surface area contributed by atoms with Crippen molar-refractivity contribution in [2.75, 3.05) is 5.73 Å². The van der Waals surface area contributed by atoms with Crippen molar-refractivity contribution < 1.29 is 9.90 Å². The first-order chi connectivity index (χ1) is 9.08. The van der Waals surface area contributed by atoms with Crippen molar-refractivity contribution in [3.63, 3.8) is 0 Å². The molecule has 3 rings (SSSR count). The third kappa shape index (κ3) is 1.78. The summed E-state index contributed by atoms with van der Waals surface area (Å²) in [4.78, 5) is 25.2. The number of fused-ring (bicyclic) bond motifs is 1. The highest BCUT2D eigenvalue weighted by Gasteiger charge is 2.23. The van der Waals surface area contributed by atoms with Gasteiger partial charge in [-0.15, -0.1) is 0 Å². The number of carbonyl (C=O) groups is 1. The Morgan fingerprint density at radius 3 is 2.68 bits per heavy atom. The number of nitrogen functional groups attached to an aromatic ring is 1. The first kappa shape index (κ1) is 11.8. The van der Waals surface area contributed by atoms with Crippen molar-refractivity contribution in [1.82, 2.24) is 4.98 Å². The van der Waals surface area contributed by atoms with Gasteiger partial charge in [0.15, 0.2) is 0 Å². The van der Waals surface area contributed by atoms with Crippen LogP contribution >= 0.6 is 0 Å². The van der Waals surface area contributed by atoms with E-state index in [0.717, 1.165) is 18.4 Å². The van der Waals surface area contributed by atoms with Crippen molar-refractivity contribution in [3.8, 4) is 0 Å². The lowest BCUT2D eigenvalue weighted by Crippen LogP contribution is -2.18. The molecule has 0 radical (unpaired) electrons. The number of hydrogen-bond acceptors (Lipinski definition) is 3. The molecule has 2 aromatic rings. The van der Waals surface area contributed by atoms with Gasteiger partial charge in [-0.3, -0.25) is 4.79 Å². The minimum absolute atomic E-state index is 0.261. The number of H-pyrrole nitrogens is 1. The largest absolute Gasteiger partial charge is 0.477 e. The normalized spacial score (nSPS) is 15.4. The molecule has 1 saturated carbocycles. The second kappa shape index (κ2) is 4.12. The highest BCUT2D eigenvalue weighted by atomic mass is 16.4. The number of carboxylic acid groups (broad SMARTS) is 1. The number of nitrogens with one attached hydrogen (secondary N) is 1. The third-order valence-corrected chi connectivity index (χ3v) is 3.87. The number of aromatic carboxylic acids is 1. The molecular weight excluding hydrogens is 244 g/mol. The summed E-state index contributed by atoms with van der Waals surface area (Å²) < 4.78 is 0. The SMILES string of the molecule is Nc1c(C2CCC2)ccc2cc(C(=O)O)c(=O)[nH]c12. The highest BCUT2D eigenvalue weighted by Crippen LogP contribution is 2.40. The Hall–Kier alpha value is -2.30. The molecule has 0 atom stereocenters. The van der Waals surface area contributed by atoms with Crippen LogP contribution in [0, 0.1) is 0 Å². The lowest BCUT2D eigenvalue weighted by molar-refractivity contribution is 0.0695. The standard InChI is InChI=1S/C14H14N2O3/c15-11-9(7-2-1-3-7)5-4-8-6-10(14(18)19)13(17)16-12(8)11/h4-7H,1-3,15H2,(H,16,17)(H,18,19). The van der Waals surface area contributed by atoms with Gasteiger partial charge in [0, 0.05) is 5.39 Å². The van der Waals surface area contributed by atoms with Crippen LogP contribution in [0.4, 0.5) is 5.69 Å². The van der Waals surface area contributed by atoms with Gasteiger partial charge in [-0.25, -0.2) is 4.79 Å². The van der Waals surface area contributed by atoms with Gasteiger partial charge in [-0.2, -0.15) is 0 Å². The maximum absolute atomic E-state index is 11.7. The van der Waals surface area contributed by atoms with Crippen molar-refractivity contribution in [3.05, 3.63) is 39.7 Å². The molecule has 1 fully saturated rings. The van der Waals surface area contributed by atoms with Gasteiger partial charge in [0.2, 0.25) is 0 Å². The fourth-order valence-corrected chi connectivity index (χ4v) is 2.55. The van der Waals surface area contributed by atoms with E-state index in [4.69, 9.17) is 10.8 Å². The van der Waals surface area contributed by atoms with Gasteiger partial charge in [0.1, 0.15) is 5.56 Å². The molecule has 5 nitrogen and oxygen atoms in total. The summed E-state index contributed by atoms with van der Waals surface area (Å²) in [5.41, 5.74) is 7.39. The molecule has 1 aromatic heterocycles. The summed E-state index contributed by atoms with van der Waals surface area (Å²) in [6.07, 6.45) is 3.44. The molecule has 19 heavy (non-hydrogen) atoms. The summed E-state index contributed by atoms with van der Waals surface area (Å²) in [5, 5.41) is 9.58. The molecule has 0 bridgehead atoms. The maximum atomic E-state index is 11.7. The van der Waals surface area contributed by atoms with Gasteiger partial charge >= 0.3 is 5.97 Å². The van der Waals surface area contributed by atoms with Gasteiger partial charge in [0.05, 0.1) is 11.2 Å². The summed E-state index contributed by atoms with van der Waals surface area (Å²) in [5.74, 6) is -0.767. The molecule has 1 heterocycles. The van der Waals surface area contributed by atoms with E-state index in [1.807, 2.05) is 12.1 Å². The van der Waals surface area contributed by atoms with E-state index in [9.17, 15) is 9.59 Å². The molecular formula is C14H14N2O3. The second-order valence-corrected chi connectivity index (χ2v) is 4.98. The van der Waals surface area contributed by atoms with Gasteiger partial charge in [-0.05, 0) is 30.4 Å². The smallest absolute Gasteiger partial charge is 0.341 e. The number of anilines is 1. The van der Waals surface area contributed by atoms with Crippen molar-refractivity contribution in [1.29, 1.82) is 0 Å². The zero-order chi connectivity index (χ0) is 13.6. The van der Waals surface area contributed by atoms with Crippen molar-refractivity contribution in [2.45, 2.75) is 25.2 Å². The molecule has 0 amide bonds. The minimum Gasteiger partial charge on any atom is -0.477 e. The molecule has 0 spiro atoms. The van der Waals surface area contributed by atoms with Crippen LogP contribution < -0.4 is 11.3 Å². The van der Waals surface area contributed by atoms with E-state index in [-0.39, 0.29) is 5.56 Å². The maximum Gasteiger partial charge on any atom is 0.341 e. The van der Waals surface area contributed by atoms with E-state index in [1.165, 1.54) is 12.5 Å². The second-order valence-electron chi connectivity index (χ2n) is 4.98. The Balaban J connectivity index is 2.23. The number of nitrogens with two attached hydrogens (primary N) is 1. The summed E-state index contributed by atoms with van der Waals surface area (Å²) in [6, 6.07) is 5.13. The average Bonchev–Trinajstić information content (AvgIpc) is 2.30. The Morgan fingerprint density at radius 2 is 2.11 bits per heavy atom. The molecule has 4 N–H and O–H groups in total. The number of benzene rings is 1. The topological polar surface area (TPSA) is 96.2 Å². The molecule has 0 aliphatic heterocycles. The number of pyridine rings is 1. The molecule has 1 aromatic carbocycles. The zero-order valence-corrected chi connectivity index (χ0v) is 10.3. The number of rotatable bonds is 2. The van der Waals surface area contributed by atoms with Crippen LogP contribution in [0.2, 0.25) is 0 Å². The van der Waals surface area contributed by atoms with Crippen molar-refractivity contribution >= 4 is 22.6 Å². The van der Waals surface area contributed by atoms with E-state index in [2.05, 4.69) is 4.98 Å². The minimum atomic E-state index is -1.23. The lowest BCUT2D eigenvalue weighted by Gasteiger charge is -2.27. The van der Waals surface area contributed by atoms with Crippen LogP contribution in [0.3, 0.4) is 0 Å². The molecule has 5 heteroatoms. The molecule has 1 aliphatic carbocycles. The zero-order valence-electron chi connectivity index (χ0n) is 10.3. The van der Waals surface area contributed by atoms with Crippen LogP contribution in [0.25, 0.3) is 10.9 Å². The summed E-state index contributed by atoms with van der Waals surface area (Å²) >= 11 is 0. The number of aromatic nitrogens is 1. The van der Waals surface area contributed by atoms with Crippen LogP contribution in [-0.4, -0.2) is 16.1 Å². The van der Waals surface area contributed by atoms with E-state index >= 15 is 0 Å². The van der Waals surface area contributed by atoms with E-state index in [1.54, 1.807) is 0 Å². The lowest BCUT2D eigenvalue weighted by atomic mass is 9.79. The monoisotopic (exact) mass is 258 g/mol. The van der Waals surface area contributed by atoms with Crippen molar-refractivity contribution in [2.24, 2.45) is 0 Å². The average molecular weight is 258 g/mol. The van der Waals surface area contributed by atoms with Gasteiger partial charge in [-0.1, -0.05) is 18.6 Å². The van der Waals surface area contributed by atoms with Crippen LogP contribution in [0.5, 0.6) is 0 Å². The van der Waals surface area contributed by atoms with Crippen LogP contribution in [0.1, 0.15) is 41.1 Å². The summed E-state index contributed by atoms with van der Waals surface area (Å²) in [7, 11) is 0. The van der Waals surface area contributed by atoms with E-state index in [0.29, 0.717) is 22.5 Å². The predicted octanol–water partition coefficient (Wildman–Crippen LogP) is 2.08. The fourth-order valence-electron chi connectivity index (χ4n) is 2.55. The molecule has 98 valence electrons.